The fourth-order valence-electron chi connectivity index (χ4n) is 2.34. The van der Waals surface area contributed by atoms with Crippen molar-refractivity contribution < 1.29 is 9.47 Å². The van der Waals surface area contributed by atoms with E-state index in [1.54, 1.807) is 7.11 Å². The minimum absolute atomic E-state index is 0.0470. The lowest BCUT2D eigenvalue weighted by Crippen LogP contribution is -2.38. The van der Waals surface area contributed by atoms with Crippen LogP contribution in [0.2, 0.25) is 0 Å². The molecular weight excluding hydrogens is 230 g/mol. The Bertz CT molecular complexity index is 398. The summed E-state index contributed by atoms with van der Waals surface area (Å²) in [5, 5.41) is 0. The van der Waals surface area contributed by atoms with E-state index in [1.807, 2.05) is 6.92 Å². The van der Waals surface area contributed by atoms with E-state index in [9.17, 15) is 0 Å². The van der Waals surface area contributed by atoms with Gasteiger partial charge in [-0.3, -0.25) is 0 Å². The highest BCUT2D eigenvalue weighted by molar-refractivity contribution is 5.32. The molecule has 0 aromatic carbocycles. The Balaban J connectivity index is 2.12. The van der Waals surface area contributed by atoms with E-state index < -0.39 is 0 Å². The molecule has 0 radical (unpaired) electrons. The molecule has 100 valence electrons. The van der Waals surface area contributed by atoms with E-state index in [0.29, 0.717) is 11.8 Å². The largest absolute Gasteiger partial charge is 0.481 e. The molecule has 2 rings (SSSR count). The van der Waals surface area contributed by atoms with Gasteiger partial charge in [-0.2, -0.15) is 0 Å². The van der Waals surface area contributed by atoms with Gasteiger partial charge in [0.15, 0.2) is 0 Å². The van der Waals surface area contributed by atoms with Gasteiger partial charge >= 0.3 is 0 Å². The molecule has 1 saturated carbocycles. The predicted molar refractivity (Wildman–Crippen MR) is 68.8 cm³/mol. The van der Waals surface area contributed by atoms with E-state index in [2.05, 4.69) is 9.97 Å². The zero-order valence-corrected chi connectivity index (χ0v) is 11.1. The molecule has 1 aliphatic carbocycles. The molecule has 0 spiro atoms. The molecule has 1 aliphatic rings. The van der Waals surface area contributed by atoms with E-state index >= 15 is 0 Å². The smallest absolute Gasteiger partial charge is 0.223 e. The summed E-state index contributed by atoms with van der Waals surface area (Å²) in [5.41, 5.74) is 6.98. The third-order valence-electron chi connectivity index (χ3n) is 3.45. The third kappa shape index (κ3) is 2.90. The van der Waals surface area contributed by atoms with Gasteiger partial charge in [0, 0.05) is 6.04 Å². The van der Waals surface area contributed by atoms with Crippen molar-refractivity contribution in [2.24, 2.45) is 5.73 Å². The number of hydrogen-bond donors (Lipinski definition) is 1. The van der Waals surface area contributed by atoms with Crippen LogP contribution < -0.4 is 15.2 Å². The second-order valence-electron chi connectivity index (χ2n) is 4.77. The normalized spacial score (nSPS) is 24.4. The number of ether oxygens (including phenoxy) is 2. The van der Waals surface area contributed by atoms with Crippen LogP contribution in [0.3, 0.4) is 0 Å². The summed E-state index contributed by atoms with van der Waals surface area (Å²) in [6.45, 7) is 1.90. The first-order chi connectivity index (χ1) is 8.72. The number of nitrogens with two attached hydrogens (primary N) is 1. The summed E-state index contributed by atoms with van der Waals surface area (Å²) >= 11 is 0. The highest BCUT2D eigenvalue weighted by Crippen LogP contribution is 2.26. The Kier molecular flexibility index (Phi) is 4.36. The lowest BCUT2D eigenvalue weighted by molar-refractivity contribution is 0.153. The quantitative estimate of drug-likeness (QED) is 0.830. The number of nitrogens with zero attached hydrogens (tertiary/aromatic N) is 2. The first-order valence-electron chi connectivity index (χ1n) is 6.50. The van der Waals surface area contributed by atoms with Crippen molar-refractivity contribution in [2.45, 2.75) is 51.2 Å². The van der Waals surface area contributed by atoms with Crippen LogP contribution in [0.25, 0.3) is 0 Å². The van der Waals surface area contributed by atoms with Gasteiger partial charge in [-0.25, -0.2) is 9.97 Å². The van der Waals surface area contributed by atoms with Crippen LogP contribution in [0.15, 0.2) is 6.33 Å². The molecule has 1 aromatic rings. The van der Waals surface area contributed by atoms with Crippen molar-refractivity contribution in [1.29, 1.82) is 0 Å². The molecule has 2 atom stereocenters. The van der Waals surface area contributed by atoms with Gasteiger partial charge in [0.25, 0.3) is 0 Å². The van der Waals surface area contributed by atoms with E-state index in [-0.39, 0.29) is 12.1 Å². The maximum absolute atomic E-state index is 6.15. The zero-order chi connectivity index (χ0) is 13.0. The summed E-state index contributed by atoms with van der Waals surface area (Å²) in [7, 11) is 1.59. The molecule has 0 aliphatic heterocycles. The van der Waals surface area contributed by atoms with Gasteiger partial charge in [0.1, 0.15) is 12.4 Å². The maximum atomic E-state index is 6.15. The Morgan fingerprint density at radius 2 is 1.89 bits per heavy atom. The molecule has 5 nitrogen and oxygen atoms in total. The second-order valence-corrected chi connectivity index (χ2v) is 4.77. The number of rotatable bonds is 3. The minimum Gasteiger partial charge on any atom is -0.481 e. The van der Waals surface area contributed by atoms with Gasteiger partial charge in [-0.05, 0) is 26.2 Å². The van der Waals surface area contributed by atoms with Gasteiger partial charge in [-0.15, -0.1) is 0 Å². The highest BCUT2D eigenvalue weighted by Gasteiger charge is 2.23. The van der Waals surface area contributed by atoms with Crippen molar-refractivity contribution in [3.63, 3.8) is 0 Å². The van der Waals surface area contributed by atoms with Crippen LogP contribution in [0.5, 0.6) is 11.8 Å². The van der Waals surface area contributed by atoms with Crippen LogP contribution in [-0.4, -0.2) is 29.2 Å². The molecule has 18 heavy (non-hydrogen) atoms. The van der Waals surface area contributed by atoms with Crippen molar-refractivity contribution >= 4 is 0 Å². The van der Waals surface area contributed by atoms with Crippen LogP contribution in [0, 0.1) is 6.92 Å². The first-order valence-corrected chi connectivity index (χ1v) is 6.50. The Morgan fingerprint density at radius 1 is 1.17 bits per heavy atom. The highest BCUT2D eigenvalue weighted by atomic mass is 16.5. The van der Waals surface area contributed by atoms with Crippen LogP contribution in [0.1, 0.15) is 37.7 Å². The average molecular weight is 251 g/mol. The minimum atomic E-state index is 0.0470. The SMILES string of the molecule is COc1ncnc(OC2CCCCCC2N)c1C. The Morgan fingerprint density at radius 3 is 2.67 bits per heavy atom. The Labute approximate surface area is 108 Å². The Hall–Kier alpha value is -1.36. The summed E-state index contributed by atoms with van der Waals surface area (Å²) in [5.74, 6) is 1.14. The summed E-state index contributed by atoms with van der Waals surface area (Å²) in [6, 6.07) is 0.0906. The van der Waals surface area contributed by atoms with Crippen LogP contribution in [0.4, 0.5) is 0 Å². The van der Waals surface area contributed by atoms with Crippen molar-refractivity contribution in [2.75, 3.05) is 7.11 Å². The number of hydrogen-bond acceptors (Lipinski definition) is 5. The van der Waals surface area contributed by atoms with Crippen molar-refractivity contribution in [3.05, 3.63) is 11.9 Å². The van der Waals surface area contributed by atoms with E-state index in [4.69, 9.17) is 15.2 Å². The number of methoxy groups -OCH3 is 1. The van der Waals surface area contributed by atoms with Gasteiger partial charge in [-0.1, -0.05) is 12.8 Å². The standard InChI is InChI=1S/C13H21N3O2/c1-9-12(17-2)15-8-16-13(9)18-11-7-5-3-4-6-10(11)14/h8,10-11H,3-7,14H2,1-2H3. The molecule has 5 heteroatoms. The summed E-state index contributed by atoms with van der Waals surface area (Å²) in [4.78, 5) is 8.22. The molecule has 1 fully saturated rings. The van der Waals surface area contributed by atoms with Crippen LogP contribution >= 0.6 is 0 Å². The van der Waals surface area contributed by atoms with Gasteiger partial charge in [0.2, 0.25) is 11.8 Å². The number of aromatic nitrogens is 2. The lowest BCUT2D eigenvalue weighted by atomic mass is 10.1. The topological polar surface area (TPSA) is 70.3 Å². The zero-order valence-electron chi connectivity index (χ0n) is 11.1. The van der Waals surface area contributed by atoms with Crippen molar-refractivity contribution in [1.82, 2.24) is 9.97 Å². The molecule has 0 saturated heterocycles. The lowest BCUT2D eigenvalue weighted by Gasteiger charge is -2.23. The van der Waals surface area contributed by atoms with Gasteiger partial charge in [0.05, 0.1) is 12.7 Å². The first kappa shape index (κ1) is 13.1. The van der Waals surface area contributed by atoms with E-state index in [1.165, 1.54) is 25.6 Å². The van der Waals surface area contributed by atoms with E-state index in [0.717, 1.165) is 18.4 Å². The fourth-order valence-corrected chi connectivity index (χ4v) is 2.34. The predicted octanol–water partition coefficient (Wildman–Crippen LogP) is 1.83. The molecule has 2 N–H and O–H groups in total. The third-order valence-corrected chi connectivity index (χ3v) is 3.45. The van der Waals surface area contributed by atoms with Gasteiger partial charge < -0.3 is 15.2 Å². The molecular formula is C13H21N3O2. The molecule has 0 amide bonds. The molecule has 1 heterocycles. The molecule has 1 aromatic heterocycles. The molecule has 2 unspecified atom stereocenters. The average Bonchev–Trinajstić information content (AvgIpc) is 2.57. The van der Waals surface area contributed by atoms with Crippen LogP contribution in [-0.2, 0) is 0 Å². The summed E-state index contributed by atoms with van der Waals surface area (Å²) < 4.78 is 11.1. The molecule has 0 bridgehead atoms. The fraction of sp³-hybridized carbons (Fsp3) is 0.692. The maximum Gasteiger partial charge on any atom is 0.223 e. The summed E-state index contributed by atoms with van der Waals surface area (Å²) in [6.07, 6.45) is 7.11. The second kappa shape index (κ2) is 6.00. The van der Waals surface area contributed by atoms with Crippen molar-refractivity contribution in [3.8, 4) is 11.8 Å². The monoisotopic (exact) mass is 251 g/mol.